The van der Waals surface area contributed by atoms with E-state index in [1.54, 1.807) is 7.05 Å². The first-order valence-electron chi connectivity index (χ1n) is 8.34. The van der Waals surface area contributed by atoms with Gasteiger partial charge in [0, 0.05) is 26.7 Å². The maximum Gasteiger partial charge on any atom is 0.191 e. The smallest absolute Gasteiger partial charge is 0.191 e. The molecule has 23 heavy (non-hydrogen) atoms. The molecule has 0 radical (unpaired) electrons. The molecule has 1 aromatic carbocycles. The minimum absolute atomic E-state index is 0.0714. The van der Waals surface area contributed by atoms with Gasteiger partial charge in [0.15, 0.2) is 5.96 Å². The van der Waals surface area contributed by atoms with E-state index in [0.29, 0.717) is 6.04 Å². The lowest BCUT2D eigenvalue weighted by atomic mass is 10.0. The minimum atomic E-state index is -0.0714. The summed E-state index contributed by atoms with van der Waals surface area (Å²) in [6, 6.07) is 10.8. The monoisotopic (exact) mass is 318 g/mol. The van der Waals surface area contributed by atoms with Gasteiger partial charge in [0.05, 0.1) is 11.6 Å². The second-order valence-electron chi connectivity index (χ2n) is 6.60. The van der Waals surface area contributed by atoms with E-state index in [4.69, 9.17) is 4.74 Å². The van der Waals surface area contributed by atoms with E-state index in [1.807, 2.05) is 6.07 Å². The topological polar surface area (TPSA) is 48.9 Å². The summed E-state index contributed by atoms with van der Waals surface area (Å²) < 4.78 is 5.81. The number of likely N-dealkylation sites (N-methyl/N-ethyl adjacent to an activating group) is 1. The van der Waals surface area contributed by atoms with Gasteiger partial charge in [0.2, 0.25) is 0 Å². The van der Waals surface area contributed by atoms with Crippen LogP contribution in [0.2, 0.25) is 0 Å². The number of aliphatic imine (C=N–C) groups is 1. The molecule has 1 aliphatic heterocycles. The number of nitrogens with zero attached hydrogens (tertiary/aromatic N) is 2. The summed E-state index contributed by atoms with van der Waals surface area (Å²) >= 11 is 0. The van der Waals surface area contributed by atoms with E-state index in [1.165, 1.54) is 5.56 Å². The van der Waals surface area contributed by atoms with Crippen LogP contribution in [0.5, 0.6) is 0 Å². The zero-order chi connectivity index (χ0) is 16.7. The summed E-state index contributed by atoms with van der Waals surface area (Å²) in [5.41, 5.74) is 1.23. The van der Waals surface area contributed by atoms with Crippen LogP contribution in [0.3, 0.4) is 0 Å². The molecule has 5 heteroatoms. The van der Waals surface area contributed by atoms with E-state index >= 15 is 0 Å². The molecule has 2 N–H and O–H groups in total. The Balaban J connectivity index is 1.88. The van der Waals surface area contributed by atoms with E-state index in [0.717, 1.165) is 38.5 Å². The van der Waals surface area contributed by atoms with Crippen molar-refractivity contribution in [1.29, 1.82) is 0 Å². The highest BCUT2D eigenvalue weighted by Gasteiger charge is 2.29. The Morgan fingerprint density at radius 1 is 1.30 bits per heavy atom. The SMILES string of the molecule is CN=C(NCC(c1ccccc1)N(C)C)NCC1(C)CCCO1. The predicted octanol–water partition coefficient (Wildman–Crippen LogP) is 2.02. The Labute approximate surface area is 140 Å². The van der Waals surface area contributed by atoms with Gasteiger partial charge in [-0.3, -0.25) is 4.99 Å². The van der Waals surface area contributed by atoms with Crippen molar-refractivity contribution >= 4 is 5.96 Å². The average molecular weight is 318 g/mol. The zero-order valence-electron chi connectivity index (χ0n) is 14.8. The van der Waals surface area contributed by atoms with Crippen molar-refractivity contribution in [3.05, 3.63) is 35.9 Å². The highest BCUT2D eigenvalue weighted by molar-refractivity contribution is 5.79. The lowest BCUT2D eigenvalue weighted by Crippen LogP contribution is -2.47. The fourth-order valence-corrected chi connectivity index (χ4v) is 2.93. The van der Waals surface area contributed by atoms with Crippen LogP contribution < -0.4 is 10.6 Å². The summed E-state index contributed by atoms with van der Waals surface area (Å²) in [5.74, 6) is 0.824. The fraction of sp³-hybridized carbons (Fsp3) is 0.611. The van der Waals surface area contributed by atoms with Crippen LogP contribution in [-0.4, -0.2) is 57.3 Å². The Morgan fingerprint density at radius 3 is 2.61 bits per heavy atom. The van der Waals surface area contributed by atoms with Crippen LogP contribution >= 0.6 is 0 Å². The van der Waals surface area contributed by atoms with Crippen LogP contribution in [0.4, 0.5) is 0 Å². The second-order valence-corrected chi connectivity index (χ2v) is 6.60. The van der Waals surface area contributed by atoms with Gasteiger partial charge in [-0.1, -0.05) is 30.3 Å². The third-order valence-electron chi connectivity index (χ3n) is 4.42. The lowest BCUT2D eigenvalue weighted by Gasteiger charge is -2.28. The molecule has 2 unspecified atom stereocenters. The van der Waals surface area contributed by atoms with Crippen LogP contribution in [0.15, 0.2) is 35.3 Å². The molecule has 0 aromatic heterocycles. The number of nitrogens with one attached hydrogen (secondary N) is 2. The van der Waals surface area contributed by atoms with Gasteiger partial charge in [-0.15, -0.1) is 0 Å². The Hall–Kier alpha value is -1.59. The lowest BCUT2D eigenvalue weighted by molar-refractivity contribution is 0.0242. The van der Waals surface area contributed by atoms with Crippen molar-refractivity contribution in [3.63, 3.8) is 0 Å². The summed E-state index contributed by atoms with van der Waals surface area (Å²) in [4.78, 5) is 6.54. The molecule has 1 saturated heterocycles. The quantitative estimate of drug-likeness (QED) is 0.622. The predicted molar refractivity (Wildman–Crippen MR) is 95.8 cm³/mol. The van der Waals surface area contributed by atoms with Crippen LogP contribution in [0.25, 0.3) is 0 Å². The molecule has 2 atom stereocenters. The average Bonchev–Trinajstić information content (AvgIpc) is 2.98. The molecule has 1 heterocycles. The second kappa shape index (κ2) is 8.31. The van der Waals surface area contributed by atoms with Crippen LogP contribution in [0, 0.1) is 0 Å². The molecule has 128 valence electrons. The first-order valence-corrected chi connectivity index (χ1v) is 8.34. The van der Waals surface area contributed by atoms with Gasteiger partial charge in [0.1, 0.15) is 0 Å². The number of hydrogen-bond donors (Lipinski definition) is 2. The van der Waals surface area contributed by atoms with Gasteiger partial charge in [0.25, 0.3) is 0 Å². The summed E-state index contributed by atoms with van der Waals surface area (Å²) in [6.45, 7) is 4.60. The molecule has 5 nitrogen and oxygen atoms in total. The van der Waals surface area contributed by atoms with E-state index in [2.05, 4.69) is 65.8 Å². The maximum absolute atomic E-state index is 5.81. The molecular formula is C18H30N4O. The highest BCUT2D eigenvalue weighted by atomic mass is 16.5. The number of benzene rings is 1. The normalized spacial score (nSPS) is 23.1. The maximum atomic E-state index is 5.81. The summed E-state index contributed by atoms with van der Waals surface area (Å²) in [6.07, 6.45) is 2.24. The number of ether oxygens (including phenoxy) is 1. The van der Waals surface area contributed by atoms with Crippen molar-refractivity contribution in [1.82, 2.24) is 15.5 Å². The molecule has 1 aromatic rings. The Kier molecular flexibility index (Phi) is 6.42. The molecule has 1 fully saturated rings. The molecule has 0 amide bonds. The van der Waals surface area contributed by atoms with Gasteiger partial charge < -0.3 is 20.3 Å². The third-order valence-corrected chi connectivity index (χ3v) is 4.42. The van der Waals surface area contributed by atoms with Crippen molar-refractivity contribution < 1.29 is 4.74 Å². The van der Waals surface area contributed by atoms with Crippen molar-refractivity contribution in [2.45, 2.75) is 31.4 Å². The van der Waals surface area contributed by atoms with E-state index in [-0.39, 0.29) is 5.60 Å². The molecule has 0 aliphatic carbocycles. The third kappa shape index (κ3) is 5.22. The van der Waals surface area contributed by atoms with Crippen molar-refractivity contribution in [2.24, 2.45) is 4.99 Å². The van der Waals surface area contributed by atoms with Crippen molar-refractivity contribution in [2.75, 3.05) is 40.8 Å². The van der Waals surface area contributed by atoms with Gasteiger partial charge in [-0.2, -0.15) is 0 Å². The molecule has 0 saturated carbocycles. The zero-order valence-corrected chi connectivity index (χ0v) is 14.8. The first kappa shape index (κ1) is 17.8. The van der Waals surface area contributed by atoms with E-state index < -0.39 is 0 Å². The van der Waals surface area contributed by atoms with Gasteiger partial charge in [-0.25, -0.2) is 0 Å². The first-order chi connectivity index (χ1) is 11.0. The van der Waals surface area contributed by atoms with Gasteiger partial charge in [-0.05, 0) is 39.4 Å². The van der Waals surface area contributed by atoms with Gasteiger partial charge >= 0.3 is 0 Å². The fourth-order valence-electron chi connectivity index (χ4n) is 2.93. The molecule has 0 spiro atoms. The molecule has 2 rings (SSSR count). The van der Waals surface area contributed by atoms with Crippen LogP contribution in [-0.2, 0) is 4.74 Å². The molecule has 1 aliphatic rings. The summed E-state index contributed by atoms with van der Waals surface area (Å²) in [5, 5.41) is 6.83. The Bertz CT molecular complexity index is 495. The minimum Gasteiger partial charge on any atom is -0.373 e. The highest BCUT2D eigenvalue weighted by Crippen LogP contribution is 2.23. The number of hydrogen-bond acceptors (Lipinski definition) is 3. The van der Waals surface area contributed by atoms with E-state index in [9.17, 15) is 0 Å². The number of rotatable bonds is 6. The Morgan fingerprint density at radius 2 is 2.04 bits per heavy atom. The van der Waals surface area contributed by atoms with Crippen molar-refractivity contribution in [3.8, 4) is 0 Å². The standard InChI is InChI=1S/C18H30N4O/c1-18(11-8-12-23-18)14-21-17(19-2)20-13-16(22(3)4)15-9-6-5-7-10-15/h5-7,9-10,16H,8,11-14H2,1-4H3,(H2,19,20,21). The summed E-state index contributed by atoms with van der Waals surface area (Å²) in [7, 11) is 6.01. The van der Waals surface area contributed by atoms with Crippen LogP contribution in [0.1, 0.15) is 31.4 Å². The number of guanidine groups is 1. The molecule has 0 bridgehead atoms. The largest absolute Gasteiger partial charge is 0.373 e. The molecular weight excluding hydrogens is 288 g/mol.